The van der Waals surface area contributed by atoms with Gasteiger partial charge in [-0.25, -0.2) is 0 Å². The van der Waals surface area contributed by atoms with E-state index >= 15 is 4.79 Å². The summed E-state index contributed by atoms with van der Waals surface area (Å²) in [5, 5.41) is 127. The molecule has 0 aromatic carbocycles. The molecule has 0 radical (unpaired) electrons. The topological polar surface area (TPSA) is 334 Å². The van der Waals surface area contributed by atoms with Crippen LogP contribution in [0.4, 0.5) is 0 Å². The van der Waals surface area contributed by atoms with Gasteiger partial charge in [0.25, 0.3) is 0 Å². The first-order valence-corrected chi connectivity index (χ1v) is 27.1. The second-order valence-corrected chi connectivity index (χ2v) is 25.8. The number of esters is 1. The third-order valence-electron chi connectivity index (χ3n) is 21.0. The monoisotopic (exact) mass is 1060 g/mol. The van der Waals surface area contributed by atoms with Crippen molar-refractivity contribution < 1.29 is 104 Å². The van der Waals surface area contributed by atoms with Gasteiger partial charge in [0.1, 0.15) is 85.5 Å². The van der Waals surface area contributed by atoms with Crippen molar-refractivity contribution in [2.24, 2.45) is 50.2 Å². The van der Waals surface area contributed by atoms with E-state index in [4.69, 9.17) is 37.9 Å². The maximum Gasteiger partial charge on any atom is 0.315 e. The summed E-state index contributed by atoms with van der Waals surface area (Å²) in [4.78, 5) is 15.1. The largest absolute Gasteiger partial charge is 0.432 e. The lowest BCUT2D eigenvalue weighted by molar-refractivity contribution is -0.364. The minimum absolute atomic E-state index is 0.114. The average molecular weight is 1060 g/mol. The van der Waals surface area contributed by atoms with Crippen molar-refractivity contribution in [1.82, 2.24) is 0 Å². The van der Waals surface area contributed by atoms with Crippen molar-refractivity contribution >= 4 is 5.97 Å². The van der Waals surface area contributed by atoms with Crippen molar-refractivity contribution in [3.8, 4) is 0 Å². The normalized spacial score (nSPS) is 54.1. The maximum atomic E-state index is 15.1. The number of carbonyl (C=O) groups excluding carboxylic acids is 1. The molecule has 4 saturated carbocycles. The second-order valence-electron chi connectivity index (χ2n) is 25.8. The Morgan fingerprint density at radius 3 is 1.95 bits per heavy atom. The van der Waals surface area contributed by atoms with Gasteiger partial charge in [0.2, 0.25) is 6.29 Å². The fourth-order valence-corrected chi connectivity index (χ4v) is 16.1. The highest BCUT2D eigenvalue weighted by Crippen LogP contribution is 2.76. The molecule has 5 aliphatic carbocycles. The first kappa shape index (κ1) is 57.1. The van der Waals surface area contributed by atoms with Crippen LogP contribution in [-0.4, -0.2) is 210 Å². The standard InChI is InChI=1S/C53H86O21/c1-23-32(56)36(60)40(64)44(69-23)73-42-33(57)26(55)21-67-46(42)72-31-12-13-50(6)29(49(31,4)5)11-14-52(8)30(50)10-9-24-25-19-48(2,3)15-17-53(25,18-16-51(24,52)7)47(66)74-45-41(65)38(62)35(59)28(71-45)22-68-43-39(63)37(61)34(58)27(20-54)70-43/h9,23,25-46,54-65H,10-22H2,1-8H3/t23-,25+,26-,27+,28+,29-,30+,31-,32-,33-,34+,35+,36+,37-,38-,39+,40+,41+,42+,43+,44-,45-,46-,50-,51+,52+,53-/m0/s1. The van der Waals surface area contributed by atoms with Crippen LogP contribution in [0, 0.1) is 50.2 Å². The van der Waals surface area contributed by atoms with E-state index in [1.807, 2.05) is 0 Å². The van der Waals surface area contributed by atoms with Crippen molar-refractivity contribution in [3.63, 3.8) is 0 Å². The van der Waals surface area contributed by atoms with E-state index in [-0.39, 0.29) is 52.1 Å². The molecule has 0 spiro atoms. The lowest BCUT2D eigenvalue weighted by Gasteiger charge is -2.71. The molecule has 8 fully saturated rings. The highest BCUT2D eigenvalue weighted by Gasteiger charge is 2.70. The van der Waals surface area contributed by atoms with Crippen molar-refractivity contribution in [2.75, 3.05) is 19.8 Å². The molecule has 9 rings (SSSR count). The van der Waals surface area contributed by atoms with Crippen LogP contribution in [-0.2, 0) is 42.7 Å². The van der Waals surface area contributed by atoms with Crippen LogP contribution in [0.15, 0.2) is 11.6 Å². The van der Waals surface area contributed by atoms with Gasteiger partial charge in [-0.2, -0.15) is 0 Å². The van der Waals surface area contributed by atoms with Gasteiger partial charge in [0.15, 0.2) is 18.9 Å². The van der Waals surface area contributed by atoms with Gasteiger partial charge in [-0.1, -0.05) is 60.1 Å². The molecule has 12 N–H and O–H groups in total. The third kappa shape index (κ3) is 9.27. The number of aliphatic hydroxyl groups is 12. The first-order valence-electron chi connectivity index (χ1n) is 27.1. The number of hydrogen-bond donors (Lipinski definition) is 12. The summed E-state index contributed by atoms with van der Waals surface area (Å²) in [5.41, 5.74) is -0.885. The smallest absolute Gasteiger partial charge is 0.315 e. The van der Waals surface area contributed by atoms with Crippen LogP contribution in [0.2, 0.25) is 0 Å². The number of hydrogen-bond acceptors (Lipinski definition) is 21. The maximum absolute atomic E-state index is 15.1. The Balaban J connectivity index is 0.920. The van der Waals surface area contributed by atoms with Gasteiger partial charge in [0, 0.05) is 0 Å². The number of aliphatic hydroxyl groups excluding tert-OH is 12. The Bertz CT molecular complexity index is 2040. The van der Waals surface area contributed by atoms with Gasteiger partial charge in [-0.05, 0) is 116 Å². The molecule has 21 heteroatoms. The fourth-order valence-electron chi connectivity index (χ4n) is 16.1. The van der Waals surface area contributed by atoms with Crippen LogP contribution in [0.3, 0.4) is 0 Å². The van der Waals surface area contributed by atoms with Crippen molar-refractivity contribution in [3.05, 3.63) is 11.6 Å². The number of ether oxygens (including phenoxy) is 8. The molecule has 0 unspecified atom stereocenters. The van der Waals surface area contributed by atoms with Gasteiger partial charge in [-0.3, -0.25) is 4.79 Å². The molecule has 74 heavy (non-hydrogen) atoms. The zero-order valence-electron chi connectivity index (χ0n) is 44.1. The summed E-state index contributed by atoms with van der Waals surface area (Å²) in [6.07, 6.45) is -19.2. The Labute approximate surface area is 433 Å². The van der Waals surface area contributed by atoms with E-state index < -0.39 is 147 Å². The minimum atomic E-state index is -1.82. The molecular formula is C53H86O21. The third-order valence-corrected chi connectivity index (χ3v) is 21.0. The van der Waals surface area contributed by atoms with Gasteiger partial charge >= 0.3 is 5.97 Å². The Morgan fingerprint density at radius 2 is 1.26 bits per heavy atom. The molecular weight excluding hydrogens is 973 g/mol. The Kier molecular flexibility index (Phi) is 15.8. The summed E-state index contributed by atoms with van der Waals surface area (Å²) in [5.74, 6) is -0.319. The Hall–Kier alpha value is -1.55. The van der Waals surface area contributed by atoms with E-state index in [9.17, 15) is 61.3 Å². The fraction of sp³-hybridized carbons (Fsp3) is 0.943. The SMILES string of the molecule is C[C@@H]1O[C@@H](O[C@H]2[C@H](O[C@H]3CC[C@]4(C)[C@H]5CC=C6[C@H]7CC(C)(C)CC[C@]7(C(=O)O[C@@H]7O[C@H](CO[C@@H]8O[C@H](CO)[C@@H](O)[C@H](O)[C@H]8O)[C@@H](O)[C@H](O)[C@H]7O)CC[C@@]6(C)[C@]5(C)CC[C@H]4C3(C)C)OC[C@H](O)[C@@H]2O)[C@H](O)[C@H](O)[C@H]1O. The average Bonchev–Trinajstić information content (AvgIpc) is 3.35. The lowest BCUT2D eigenvalue weighted by Crippen LogP contribution is -2.66. The number of rotatable bonds is 10. The van der Waals surface area contributed by atoms with Crippen LogP contribution in [0.1, 0.15) is 120 Å². The molecule has 0 bridgehead atoms. The number of allylic oxidation sites excluding steroid dienone is 2. The molecule has 4 saturated heterocycles. The predicted octanol–water partition coefficient (Wildman–Crippen LogP) is -0.369. The first-order chi connectivity index (χ1) is 34.6. The van der Waals surface area contributed by atoms with Gasteiger partial charge in [-0.15, -0.1) is 0 Å². The van der Waals surface area contributed by atoms with E-state index in [2.05, 4.69) is 54.5 Å². The minimum Gasteiger partial charge on any atom is -0.432 e. The van der Waals surface area contributed by atoms with Crippen molar-refractivity contribution in [2.45, 2.75) is 242 Å². The summed E-state index contributed by atoms with van der Waals surface area (Å²) in [6, 6.07) is 0. The van der Waals surface area contributed by atoms with Gasteiger partial charge < -0.3 is 99.2 Å². The molecule has 27 atom stereocenters. The summed E-state index contributed by atoms with van der Waals surface area (Å²) in [7, 11) is 0. The number of carbonyl (C=O) groups is 1. The summed E-state index contributed by atoms with van der Waals surface area (Å²) < 4.78 is 47.8. The molecule has 0 amide bonds. The summed E-state index contributed by atoms with van der Waals surface area (Å²) in [6.45, 7) is 16.2. The predicted molar refractivity (Wildman–Crippen MR) is 255 cm³/mol. The van der Waals surface area contributed by atoms with Crippen LogP contribution in [0.25, 0.3) is 0 Å². The lowest BCUT2D eigenvalue weighted by atomic mass is 9.33. The molecule has 4 aliphatic heterocycles. The Morgan fingerprint density at radius 1 is 0.635 bits per heavy atom. The van der Waals surface area contributed by atoms with E-state index in [1.165, 1.54) is 12.5 Å². The summed E-state index contributed by atoms with van der Waals surface area (Å²) >= 11 is 0. The molecule has 0 aromatic heterocycles. The molecule has 4 heterocycles. The second kappa shape index (κ2) is 20.5. The van der Waals surface area contributed by atoms with E-state index in [0.717, 1.165) is 32.1 Å². The van der Waals surface area contributed by atoms with Gasteiger partial charge in [0.05, 0.1) is 37.4 Å². The molecule has 9 aliphatic rings. The molecule has 0 aromatic rings. The van der Waals surface area contributed by atoms with E-state index in [0.29, 0.717) is 32.1 Å². The molecule has 424 valence electrons. The number of fused-ring (bicyclic) bond motifs is 7. The van der Waals surface area contributed by atoms with E-state index in [1.54, 1.807) is 0 Å². The quantitative estimate of drug-likeness (QED) is 0.0755. The zero-order valence-corrected chi connectivity index (χ0v) is 44.1. The van der Waals surface area contributed by atoms with Crippen LogP contribution >= 0.6 is 0 Å². The van der Waals surface area contributed by atoms with Crippen molar-refractivity contribution in [1.29, 1.82) is 0 Å². The molecule has 21 nitrogen and oxygen atoms in total. The highest BCUT2D eigenvalue weighted by atomic mass is 16.8. The van der Waals surface area contributed by atoms with Crippen LogP contribution < -0.4 is 0 Å². The highest BCUT2D eigenvalue weighted by molar-refractivity contribution is 5.79. The van der Waals surface area contributed by atoms with Crippen LogP contribution in [0.5, 0.6) is 0 Å². The zero-order chi connectivity index (χ0) is 54.0.